The van der Waals surface area contributed by atoms with Crippen molar-refractivity contribution >= 4 is 17.9 Å². The number of hydrogen-bond acceptors (Lipinski definition) is 6. The number of esters is 3. The van der Waals surface area contributed by atoms with Gasteiger partial charge >= 0.3 is 17.9 Å². The Bertz CT molecular complexity index is 1610. The molecular formula is C77H134O6. The summed E-state index contributed by atoms with van der Waals surface area (Å²) in [6.07, 6.45) is 95.7. The number of rotatable bonds is 65. The van der Waals surface area contributed by atoms with Gasteiger partial charge < -0.3 is 14.2 Å². The molecule has 0 spiro atoms. The average molecular weight is 1160 g/mol. The Labute approximate surface area is 515 Å². The van der Waals surface area contributed by atoms with Gasteiger partial charge in [0.25, 0.3) is 0 Å². The van der Waals surface area contributed by atoms with Crippen LogP contribution in [-0.4, -0.2) is 37.2 Å². The van der Waals surface area contributed by atoms with Gasteiger partial charge in [-0.25, -0.2) is 0 Å². The van der Waals surface area contributed by atoms with Crippen molar-refractivity contribution in [3.8, 4) is 0 Å². The lowest BCUT2D eigenvalue weighted by molar-refractivity contribution is -0.167. The number of hydrogen-bond donors (Lipinski definition) is 0. The molecule has 0 saturated carbocycles. The third-order valence-electron chi connectivity index (χ3n) is 15.5. The van der Waals surface area contributed by atoms with Gasteiger partial charge in [0.15, 0.2) is 6.10 Å². The van der Waals surface area contributed by atoms with Crippen molar-refractivity contribution in [2.45, 2.75) is 361 Å². The third-order valence-corrected chi connectivity index (χ3v) is 15.5. The Hall–Kier alpha value is -3.67. The molecule has 0 amide bonds. The Kier molecular flexibility index (Phi) is 67.7. The highest BCUT2D eigenvalue weighted by Gasteiger charge is 2.19. The summed E-state index contributed by atoms with van der Waals surface area (Å²) < 4.78 is 17.0. The van der Waals surface area contributed by atoms with Gasteiger partial charge in [0, 0.05) is 19.3 Å². The minimum Gasteiger partial charge on any atom is -0.462 e. The largest absolute Gasteiger partial charge is 0.462 e. The molecular weight excluding hydrogens is 1020 g/mol. The molecule has 0 bridgehead atoms. The van der Waals surface area contributed by atoms with Gasteiger partial charge in [-0.1, -0.05) is 311 Å². The molecule has 0 aromatic carbocycles. The zero-order chi connectivity index (χ0) is 59.9. The second-order valence-corrected chi connectivity index (χ2v) is 23.8. The van der Waals surface area contributed by atoms with Crippen LogP contribution >= 0.6 is 0 Å². The van der Waals surface area contributed by atoms with E-state index >= 15 is 0 Å². The van der Waals surface area contributed by atoms with E-state index in [0.29, 0.717) is 19.3 Å². The van der Waals surface area contributed by atoms with Crippen LogP contribution in [0.3, 0.4) is 0 Å². The van der Waals surface area contributed by atoms with Gasteiger partial charge in [-0.15, -0.1) is 0 Å². The lowest BCUT2D eigenvalue weighted by Crippen LogP contribution is -2.30. The van der Waals surface area contributed by atoms with E-state index in [-0.39, 0.29) is 31.1 Å². The highest BCUT2D eigenvalue weighted by atomic mass is 16.6. The van der Waals surface area contributed by atoms with Crippen molar-refractivity contribution in [1.82, 2.24) is 0 Å². The van der Waals surface area contributed by atoms with Gasteiger partial charge in [0.1, 0.15) is 13.2 Å². The van der Waals surface area contributed by atoms with Crippen LogP contribution < -0.4 is 0 Å². The average Bonchev–Trinajstić information content (AvgIpc) is 3.50. The molecule has 0 aromatic heterocycles. The molecule has 0 rings (SSSR count). The molecule has 1 unspecified atom stereocenters. The summed E-state index contributed by atoms with van der Waals surface area (Å²) in [5, 5.41) is 0. The molecule has 0 aliphatic heterocycles. The predicted octanol–water partition coefficient (Wildman–Crippen LogP) is 24.8. The summed E-state index contributed by atoms with van der Waals surface area (Å²) in [5.41, 5.74) is 0. The normalized spacial score (nSPS) is 12.7. The van der Waals surface area contributed by atoms with Gasteiger partial charge in [-0.05, 0) is 122 Å². The predicted molar refractivity (Wildman–Crippen MR) is 362 cm³/mol. The van der Waals surface area contributed by atoms with Crippen LogP contribution in [0.25, 0.3) is 0 Å². The molecule has 0 aliphatic rings. The first-order valence-corrected chi connectivity index (χ1v) is 35.7. The maximum atomic E-state index is 13.0. The van der Waals surface area contributed by atoms with Crippen molar-refractivity contribution in [3.63, 3.8) is 0 Å². The first-order chi connectivity index (χ1) is 41.0. The molecule has 0 saturated heterocycles. The van der Waals surface area contributed by atoms with Crippen molar-refractivity contribution in [2.75, 3.05) is 13.2 Å². The minimum absolute atomic E-state index is 0.0785. The van der Waals surface area contributed by atoms with Crippen molar-refractivity contribution < 1.29 is 28.6 Å². The van der Waals surface area contributed by atoms with Crippen LogP contribution in [-0.2, 0) is 28.6 Å². The summed E-state index contributed by atoms with van der Waals surface area (Å²) in [7, 11) is 0. The SMILES string of the molecule is CC/C=C\C/C=C\C/C=C\C/C=C\CCCCCCCCCCCCCCCCC(=O)OCC(COC(=O)CCCCCCCCCCC/C=C\C/C=C\CCCCC)OC(=O)CCCCCCCCCCC/C=C\C/C=C\CCCCC. The van der Waals surface area contributed by atoms with E-state index in [1.165, 1.54) is 218 Å². The quantitative estimate of drug-likeness (QED) is 0.0261. The van der Waals surface area contributed by atoms with E-state index in [2.05, 4.69) is 118 Å². The van der Waals surface area contributed by atoms with Crippen molar-refractivity contribution in [1.29, 1.82) is 0 Å². The molecule has 478 valence electrons. The maximum absolute atomic E-state index is 13.0. The minimum atomic E-state index is -0.784. The number of unbranched alkanes of at least 4 members (excludes halogenated alkanes) is 38. The lowest BCUT2D eigenvalue weighted by atomic mass is 10.0. The molecule has 6 nitrogen and oxygen atoms in total. The lowest BCUT2D eigenvalue weighted by Gasteiger charge is -2.18. The van der Waals surface area contributed by atoms with Crippen molar-refractivity contribution in [3.05, 3.63) is 97.2 Å². The van der Waals surface area contributed by atoms with E-state index in [1.54, 1.807) is 0 Å². The molecule has 0 aliphatic carbocycles. The van der Waals surface area contributed by atoms with E-state index in [0.717, 1.165) is 96.3 Å². The van der Waals surface area contributed by atoms with Crippen LogP contribution in [0.1, 0.15) is 355 Å². The smallest absolute Gasteiger partial charge is 0.306 e. The molecule has 6 heteroatoms. The Morgan fingerprint density at radius 3 is 0.735 bits per heavy atom. The molecule has 0 heterocycles. The Balaban J connectivity index is 4.33. The van der Waals surface area contributed by atoms with Gasteiger partial charge in [0.2, 0.25) is 0 Å². The molecule has 0 aromatic rings. The maximum Gasteiger partial charge on any atom is 0.306 e. The monoisotopic (exact) mass is 1160 g/mol. The first-order valence-electron chi connectivity index (χ1n) is 35.7. The summed E-state index contributed by atoms with van der Waals surface area (Å²) in [5.74, 6) is -0.869. The number of ether oxygens (including phenoxy) is 3. The van der Waals surface area contributed by atoms with E-state index in [1.807, 2.05) is 0 Å². The fourth-order valence-corrected chi connectivity index (χ4v) is 10.2. The summed E-state index contributed by atoms with van der Waals surface area (Å²) in [6, 6.07) is 0. The van der Waals surface area contributed by atoms with E-state index in [9.17, 15) is 14.4 Å². The van der Waals surface area contributed by atoms with E-state index in [4.69, 9.17) is 14.2 Å². The number of allylic oxidation sites excluding steroid dienone is 16. The molecule has 1 atom stereocenters. The molecule has 0 radical (unpaired) electrons. The first kappa shape index (κ1) is 79.3. The van der Waals surface area contributed by atoms with Crippen LogP contribution in [0, 0.1) is 0 Å². The summed E-state index contributed by atoms with van der Waals surface area (Å²) in [4.78, 5) is 38.5. The Morgan fingerprint density at radius 2 is 0.470 bits per heavy atom. The number of carbonyl (C=O) groups is 3. The standard InChI is InChI=1S/C77H134O6/c1-4-7-10-13-16-19-22-25-28-31-34-35-36-37-38-39-40-41-44-46-49-52-55-58-61-64-67-70-76(79)82-73-74(83-77(80)71-68-65-62-59-56-53-50-47-43-33-30-27-24-21-18-15-12-9-6-3)72-81-75(78)69-66-63-60-57-54-51-48-45-42-32-29-26-23-20-17-14-11-8-5-2/h7,10,16-21,25-30,34-35,74H,4-6,8-9,11-15,22-24,31-33,36-73H2,1-3H3/b10-7-,19-16-,20-17-,21-18-,28-25-,29-26-,30-27-,35-34-. The fraction of sp³-hybridized carbons (Fsp3) is 0.753. The zero-order valence-electron chi connectivity index (χ0n) is 54.9. The second kappa shape index (κ2) is 70.8. The van der Waals surface area contributed by atoms with Crippen LogP contribution in [0.5, 0.6) is 0 Å². The highest BCUT2D eigenvalue weighted by Crippen LogP contribution is 2.17. The Morgan fingerprint density at radius 1 is 0.253 bits per heavy atom. The van der Waals surface area contributed by atoms with E-state index < -0.39 is 6.10 Å². The topological polar surface area (TPSA) is 78.9 Å². The third kappa shape index (κ3) is 69.0. The second-order valence-electron chi connectivity index (χ2n) is 23.8. The summed E-state index contributed by atoms with van der Waals surface area (Å²) in [6.45, 7) is 6.52. The van der Waals surface area contributed by atoms with Gasteiger partial charge in [0.05, 0.1) is 0 Å². The molecule has 0 fully saturated rings. The molecule has 0 N–H and O–H groups in total. The van der Waals surface area contributed by atoms with Crippen molar-refractivity contribution in [2.24, 2.45) is 0 Å². The zero-order valence-corrected chi connectivity index (χ0v) is 54.9. The van der Waals surface area contributed by atoms with Gasteiger partial charge in [-0.2, -0.15) is 0 Å². The van der Waals surface area contributed by atoms with Crippen LogP contribution in [0.15, 0.2) is 97.2 Å². The van der Waals surface area contributed by atoms with Crippen LogP contribution in [0.4, 0.5) is 0 Å². The van der Waals surface area contributed by atoms with Gasteiger partial charge in [-0.3, -0.25) is 14.4 Å². The van der Waals surface area contributed by atoms with Crippen LogP contribution in [0.2, 0.25) is 0 Å². The highest BCUT2D eigenvalue weighted by molar-refractivity contribution is 5.71. The summed E-state index contributed by atoms with van der Waals surface area (Å²) >= 11 is 0. The molecule has 83 heavy (non-hydrogen) atoms. The number of carbonyl (C=O) groups excluding carboxylic acids is 3. The fourth-order valence-electron chi connectivity index (χ4n) is 10.2.